The number of aromatic nitrogens is 2. The van der Waals surface area contributed by atoms with Crippen molar-refractivity contribution in [2.75, 3.05) is 0 Å². The number of imidazole rings is 1. The predicted molar refractivity (Wildman–Crippen MR) is 64.7 cm³/mol. The third kappa shape index (κ3) is 3.10. The number of aliphatic hydroxyl groups is 1. The van der Waals surface area contributed by atoms with Gasteiger partial charge in [-0.3, -0.25) is 0 Å². The second kappa shape index (κ2) is 5.26. The van der Waals surface area contributed by atoms with Crippen LogP contribution in [0.4, 0.5) is 13.2 Å². The van der Waals surface area contributed by atoms with Crippen molar-refractivity contribution in [2.45, 2.75) is 22.8 Å². The number of hydrogen-bond donors (Lipinski definition) is 1. The zero-order chi connectivity index (χ0) is 14.0. The Bertz CT molecular complexity index is 581. The second-order valence-corrected chi connectivity index (χ2v) is 4.92. The Labute approximate surface area is 112 Å². The average Bonchev–Trinajstić information content (AvgIpc) is 2.74. The molecule has 0 aliphatic carbocycles. The molecule has 1 aromatic carbocycles. The van der Waals surface area contributed by atoms with Gasteiger partial charge < -0.3 is 9.67 Å². The maximum Gasteiger partial charge on any atom is 0.417 e. The van der Waals surface area contributed by atoms with Gasteiger partial charge in [-0.1, -0.05) is 17.8 Å². The van der Waals surface area contributed by atoms with Gasteiger partial charge in [-0.05, 0) is 17.7 Å². The molecule has 0 fully saturated rings. The Balaban J connectivity index is 2.42. The SMILES string of the molecule is Cn1ccnc1Sc1ccc(CO)cc1C(F)(F)F. The van der Waals surface area contributed by atoms with Crippen LogP contribution in [0.5, 0.6) is 0 Å². The molecule has 0 saturated carbocycles. The average molecular weight is 288 g/mol. The molecule has 2 rings (SSSR count). The van der Waals surface area contributed by atoms with E-state index in [0.29, 0.717) is 5.16 Å². The quantitative estimate of drug-likeness (QED) is 0.943. The fraction of sp³-hybridized carbons (Fsp3) is 0.250. The van der Waals surface area contributed by atoms with Crippen LogP contribution in [-0.2, 0) is 19.8 Å². The van der Waals surface area contributed by atoms with Crippen molar-refractivity contribution in [3.05, 3.63) is 41.7 Å². The van der Waals surface area contributed by atoms with Crippen LogP contribution in [0.1, 0.15) is 11.1 Å². The number of aliphatic hydroxyl groups excluding tert-OH is 1. The summed E-state index contributed by atoms with van der Waals surface area (Å²) in [5.41, 5.74) is -0.524. The van der Waals surface area contributed by atoms with Gasteiger partial charge in [0, 0.05) is 24.3 Å². The maximum atomic E-state index is 13.0. The molecule has 0 unspecified atom stereocenters. The van der Waals surface area contributed by atoms with Crippen molar-refractivity contribution in [3.63, 3.8) is 0 Å². The molecule has 0 aliphatic heterocycles. The smallest absolute Gasteiger partial charge is 0.392 e. The maximum absolute atomic E-state index is 13.0. The number of halogens is 3. The van der Waals surface area contributed by atoms with Gasteiger partial charge in [0.05, 0.1) is 12.2 Å². The van der Waals surface area contributed by atoms with Crippen molar-refractivity contribution in [1.82, 2.24) is 9.55 Å². The number of nitrogens with zero attached hydrogens (tertiary/aromatic N) is 2. The molecule has 19 heavy (non-hydrogen) atoms. The van der Waals surface area contributed by atoms with Crippen LogP contribution in [0.25, 0.3) is 0 Å². The van der Waals surface area contributed by atoms with Gasteiger partial charge in [-0.2, -0.15) is 13.2 Å². The summed E-state index contributed by atoms with van der Waals surface area (Å²) in [5, 5.41) is 9.40. The number of aryl methyl sites for hydroxylation is 1. The highest BCUT2D eigenvalue weighted by atomic mass is 32.2. The van der Waals surface area contributed by atoms with Crippen LogP contribution in [0, 0.1) is 0 Å². The van der Waals surface area contributed by atoms with Crippen LogP contribution in [-0.4, -0.2) is 14.7 Å². The van der Waals surface area contributed by atoms with E-state index >= 15 is 0 Å². The highest BCUT2D eigenvalue weighted by Gasteiger charge is 2.34. The van der Waals surface area contributed by atoms with Crippen molar-refractivity contribution in [1.29, 1.82) is 0 Å². The van der Waals surface area contributed by atoms with Gasteiger partial charge in [0.25, 0.3) is 0 Å². The summed E-state index contributed by atoms with van der Waals surface area (Å²) in [7, 11) is 1.71. The molecule has 102 valence electrons. The van der Waals surface area contributed by atoms with Crippen molar-refractivity contribution < 1.29 is 18.3 Å². The summed E-state index contributed by atoms with van der Waals surface area (Å²) >= 11 is 0.944. The van der Waals surface area contributed by atoms with E-state index in [0.717, 1.165) is 17.8 Å². The van der Waals surface area contributed by atoms with E-state index in [2.05, 4.69) is 4.98 Å². The predicted octanol–water partition coefficient (Wildman–Crippen LogP) is 3.08. The minimum Gasteiger partial charge on any atom is -0.392 e. The Kier molecular flexibility index (Phi) is 3.86. The van der Waals surface area contributed by atoms with Crippen LogP contribution >= 0.6 is 11.8 Å². The third-order valence-electron chi connectivity index (χ3n) is 2.51. The topological polar surface area (TPSA) is 38.0 Å². The summed E-state index contributed by atoms with van der Waals surface area (Å²) in [6, 6.07) is 3.79. The van der Waals surface area contributed by atoms with Crippen molar-refractivity contribution in [3.8, 4) is 0 Å². The van der Waals surface area contributed by atoms with E-state index in [-0.39, 0.29) is 10.5 Å². The molecule has 7 heteroatoms. The highest BCUT2D eigenvalue weighted by Crippen LogP contribution is 2.39. The zero-order valence-corrected chi connectivity index (χ0v) is 10.8. The number of alkyl halides is 3. The molecule has 1 heterocycles. The Hall–Kier alpha value is -1.47. The first kappa shape index (κ1) is 14.0. The molecular formula is C12H11F3N2OS. The molecular weight excluding hydrogens is 277 g/mol. The van der Waals surface area contributed by atoms with E-state index in [4.69, 9.17) is 5.11 Å². The first-order chi connectivity index (χ1) is 8.91. The molecule has 3 nitrogen and oxygen atoms in total. The molecule has 0 aliphatic rings. The first-order valence-electron chi connectivity index (χ1n) is 5.38. The molecule has 0 saturated heterocycles. The lowest BCUT2D eigenvalue weighted by Gasteiger charge is -2.13. The van der Waals surface area contributed by atoms with Crippen LogP contribution in [0.15, 0.2) is 40.6 Å². The molecule has 0 radical (unpaired) electrons. The molecule has 0 bridgehead atoms. The molecule has 0 spiro atoms. The van der Waals surface area contributed by atoms with Crippen molar-refractivity contribution in [2.24, 2.45) is 7.05 Å². The van der Waals surface area contributed by atoms with Gasteiger partial charge in [0.15, 0.2) is 5.16 Å². The van der Waals surface area contributed by atoms with Gasteiger partial charge in [-0.25, -0.2) is 4.98 Å². The van der Waals surface area contributed by atoms with E-state index < -0.39 is 18.3 Å². The third-order valence-corrected chi connectivity index (χ3v) is 3.66. The fourth-order valence-corrected chi connectivity index (χ4v) is 2.47. The van der Waals surface area contributed by atoms with E-state index in [1.54, 1.807) is 17.8 Å². The summed E-state index contributed by atoms with van der Waals surface area (Å²) < 4.78 is 40.6. The summed E-state index contributed by atoms with van der Waals surface area (Å²) in [6.45, 7) is -0.420. The Morgan fingerprint density at radius 1 is 1.37 bits per heavy atom. The number of benzene rings is 1. The molecule has 1 N–H and O–H groups in total. The van der Waals surface area contributed by atoms with Gasteiger partial charge >= 0.3 is 6.18 Å². The molecule has 1 aromatic heterocycles. The summed E-state index contributed by atoms with van der Waals surface area (Å²) in [4.78, 5) is 4.05. The standard InChI is InChI=1S/C12H11F3N2OS/c1-17-5-4-16-11(17)19-10-3-2-8(7-18)6-9(10)12(13,14)15/h2-6,18H,7H2,1H3. The van der Waals surface area contributed by atoms with E-state index in [1.165, 1.54) is 18.3 Å². The van der Waals surface area contributed by atoms with Gasteiger partial charge in [0.1, 0.15) is 0 Å². The van der Waals surface area contributed by atoms with Crippen LogP contribution < -0.4 is 0 Å². The molecule has 0 atom stereocenters. The fourth-order valence-electron chi connectivity index (χ4n) is 1.53. The van der Waals surface area contributed by atoms with Gasteiger partial charge in [-0.15, -0.1) is 0 Å². The second-order valence-electron chi connectivity index (χ2n) is 3.91. The lowest BCUT2D eigenvalue weighted by atomic mass is 10.1. The zero-order valence-electron chi connectivity index (χ0n) is 9.98. The van der Waals surface area contributed by atoms with Crippen LogP contribution in [0.2, 0.25) is 0 Å². The highest BCUT2D eigenvalue weighted by molar-refractivity contribution is 7.99. The van der Waals surface area contributed by atoms with Crippen molar-refractivity contribution >= 4 is 11.8 Å². The minimum atomic E-state index is -4.46. The lowest BCUT2D eigenvalue weighted by Crippen LogP contribution is -2.08. The lowest BCUT2D eigenvalue weighted by molar-refractivity contribution is -0.139. The number of hydrogen-bond acceptors (Lipinski definition) is 3. The first-order valence-corrected chi connectivity index (χ1v) is 6.19. The normalized spacial score (nSPS) is 11.8. The largest absolute Gasteiger partial charge is 0.417 e. The number of rotatable bonds is 3. The minimum absolute atomic E-state index is 0.0685. The van der Waals surface area contributed by atoms with Crippen LogP contribution in [0.3, 0.4) is 0 Å². The van der Waals surface area contributed by atoms with E-state index in [9.17, 15) is 13.2 Å². The molecule has 0 amide bonds. The summed E-state index contributed by atoms with van der Waals surface area (Å²) in [5.74, 6) is 0. The Morgan fingerprint density at radius 3 is 2.63 bits per heavy atom. The van der Waals surface area contributed by atoms with E-state index in [1.807, 2.05) is 0 Å². The monoisotopic (exact) mass is 288 g/mol. The molecule has 2 aromatic rings. The van der Waals surface area contributed by atoms with Gasteiger partial charge in [0.2, 0.25) is 0 Å². The Morgan fingerprint density at radius 2 is 2.11 bits per heavy atom. The summed E-state index contributed by atoms with van der Waals surface area (Å²) in [6.07, 6.45) is -1.27.